The van der Waals surface area contributed by atoms with Crippen molar-refractivity contribution in [3.05, 3.63) is 0 Å². The van der Waals surface area contributed by atoms with Gasteiger partial charge in [0.05, 0.1) is 13.0 Å². The summed E-state index contributed by atoms with van der Waals surface area (Å²) in [6, 6.07) is 0. The minimum absolute atomic E-state index is 0.140. The first kappa shape index (κ1) is 12.7. The molecule has 2 atom stereocenters. The standard InChI is InChI=1S/C8H16O4S/c1-6(8(10)12-3)4-13-5-7(9)11-2/h6-7,9H,4-5H2,1-3H3. The summed E-state index contributed by atoms with van der Waals surface area (Å²) in [4.78, 5) is 10.9. The Morgan fingerprint density at radius 2 is 2.08 bits per heavy atom. The van der Waals surface area contributed by atoms with Gasteiger partial charge < -0.3 is 14.6 Å². The molecule has 0 fully saturated rings. The number of esters is 1. The van der Waals surface area contributed by atoms with Crippen LogP contribution in [0, 0.1) is 5.92 Å². The zero-order valence-electron chi connectivity index (χ0n) is 8.15. The van der Waals surface area contributed by atoms with E-state index in [1.807, 2.05) is 0 Å². The second kappa shape index (κ2) is 7.17. The Morgan fingerprint density at radius 1 is 1.46 bits per heavy atom. The number of hydrogen-bond donors (Lipinski definition) is 1. The molecule has 78 valence electrons. The number of aliphatic hydroxyl groups excluding tert-OH is 1. The van der Waals surface area contributed by atoms with Crippen LogP contribution < -0.4 is 0 Å². The molecule has 0 bridgehead atoms. The normalized spacial score (nSPS) is 15.1. The van der Waals surface area contributed by atoms with Gasteiger partial charge in [-0.25, -0.2) is 0 Å². The van der Waals surface area contributed by atoms with Crippen LogP contribution in [-0.4, -0.2) is 43.1 Å². The van der Waals surface area contributed by atoms with E-state index in [0.717, 1.165) is 0 Å². The number of methoxy groups -OCH3 is 2. The number of carbonyl (C=O) groups is 1. The van der Waals surface area contributed by atoms with Crippen molar-refractivity contribution < 1.29 is 19.4 Å². The van der Waals surface area contributed by atoms with Gasteiger partial charge in [-0.2, -0.15) is 11.8 Å². The quantitative estimate of drug-likeness (QED) is 0.508. The SMILES string of the molecule is COC(=O)C(C)CSCC(O)OC. The first-order chi connectivity index (χ1) is 6.11. The summed E-state index contributed by atoms with van der Waals surface area (Å²) in [5.74, 6) is 0.740. The monoisotopic (exact) mass is 208 g/mol. The number of carbonyl (C=O) groups excluding carboxylic acids is 1. The fourth-order valence-electron chi connectivity index (χ4n) is 0.683. The van der Waals surface area contributed by atoms with E-state index in [1.165, 1.54) is 26.0 Å². The molecule has 0 saturated carbocycles. The van der Waals surface area contributed by atoms with E-state index in [4.69, 9.17) is 5.11 Å². The third-order valence-corrected chi connectivity index (χ3v) is 2.76. The maximum absolute atomic E-state index is 10.9. The van der Waals surface area contributed by atoms with Crippen molar-refractivity contribution in [1.82, 2.24) is 0 Å². The van der Waals surface area contributed by atoms with Gasteiger partial charge >= 0.3 is 5.97 Å². The first-order valence-corrected chi connectivity index (χ1v) is 5.13. The molecule has 0 saturated heterocycles. The average Bonchev–Trinajstić information content (AvgIpc) is 2.15. The Kier molecular flexibility index (Phi) is 7.03. The average molecular weight is 208 g/mol. The van der Waals surface area contributed by atoms with Crippen LogP contribution in [0.4, 0.5) is 0 Å². The molecule has 0 radical (unpaired) electrons. The lowest BCUT2D eigenvalue weighted by atomic mass is 10.2. The smallest absolute Gasteiger partial charge is 0.309 e. The Labute approximate surface area is 82.6 Å². The Bertz CT molecular complexity index is 151. The summed E-state index contributed by atoms with van der Waals surface area (Å²) in [6.45, 7) is 1.79. The molecule has 13 heavy (non-hydrogen) atoms. The molecular formula is C8H16O4S. The topological polar surface area (TPSA) is 55.8 Å². The van der Waals surface area contributed by atoms with Gasteiger partial charge in [0.1, 0.15) is 0 Å². The van der Waals surface area contributed by atoms with Crippen molar-refractivity contribution in [2.75, 3.05) is 25.7 Å². The fraction of sp³-hybridized carbons (Fsp3) is 0.875. The molecule has 0 amide bonds. The van der Waals surface area contributed by atoms with Crippen LogP contribution in [0.25, 0.3) is 0 Å². The highest BCUT2D eigenvalue weighted by molar-refractivity contribution is 7.99. The van der Waals surface area contributed by atoms with Gasteiger partial charge in [0.25, 0.3) is 0 Å². The highest BCUT2D eigenvalue weighted by atomic mass is 32.2. The molecule has 0 aliphatic rings. The third kappa shape index (κ3) is 5.90. The van der Waals surface area contributed by atoms with E-state index in [1.54, 1.807) is 6.92 Å². The van der Waals surface area contributed by atoms with E-state index < -0.39 is 6.29 Å². The first-order valence-electron chi connectivity index (χ1n) is 3.98. The number of ether oxygens (including phenoxy) is 2. The Morgan fingerprint density at radius 3 is 2.54 bits per heavy atom. The largest absolute Gasteiger partial charge is 0.469 e. The van der Waals surface area contributed by atoms with E-state index in [0.29, 0.717) is 11.5 Å². The van der Waals surface area contributed by atoms with Gasteiger partial charge in [0.15, 0.2) is 6.29 Å². The van der Waals surface area contributed by atoms with Crippen LogP contribution >= 0.6 is 11.8 Å². The van der Waals surface area contributed by atoms with Crippen molar-refractivity contribution >= 4 is 17.7 Å². The van der Waals surface area contributed by atoms with Crippen molar-refractivity contribution in [3.63, 3.8) is 0 Å². The molecule has 0 aliphatic carbocycles. The van der Waals surface area contributed by atoms with Crippen molar-refractivity contribution in [1.29, 1.82) is 0 Å². The minimum atomic E-state index is -0.755. The predicted octanol–water partition coefficient (Wildman–Crippen LogP) is 0.493. The maximum Gasteiger partial charge on any atom is 0.309 e. The zero-order chi connectivity index (χ0) is 10.3. The summed E-state index contributed by atoms with van der Waals surface area (Å²) >= 11 is 1.46. The molecule has 4 nitrogen and oxygen atoms in total. The highest BCUT2D eigenvalue weighted by Crippen LogP contribution is 2.10. The lowest BCUT2D eigenvalue weighted by molar-refractivity contribution is -0.144. The molecule has 0 aromatic carbocycles. The second-order valence-electron chi connectivity index (χ2n) is 2.65. The summed E-state index contributed by atoms with van der Waals surface area (Å²) in [6.07, 6.45) is -0.755. The summed E-state index contributed by atoms with van der Waals surface area (Å²) in [7, 11) is 2.81. The van der Waals surface area contributed by atoms with Crippen LogP contribution in [0.2, 0.25) is 0 Å². The molecule has 5 heteroatoms. The fourth-order valence-corrected chi connectivity index (χ4v) is 1.65. The van der Waals surface area contributed by atoms with Gasteiger partial charge in [0, 0.05) is 18.6 Å². The molecule has 0 aromatic rings. The van der Waals surface area contributed by atoms with Crippen molar-refractivity contribution in [3.8, 4) is 0 Å². The van der Waals surface area contributed by atoms with Gasteiger partial charge in [-0.15, -0.1) is 0 Å². The molecule has 2 unspecified atom stereocenters. The summed E-state index contributed by atoms with van der Waals surface area (Å²) < 4.78 is 9.19. The molecule has 0 aromatic heterocycles. The highest BCUT2D eigenvalue weighted by Gasteiger charge is 2.13. The summed E-state index contributed by atoms with van der Waals surface area (Å²) in [5, 5.41) is 9.01. The van der Waals surface area contributed by atoms with Crippen LogP contribution in [0.3, 0.4) is 0 Å². The van der Waals surface area contributed by atoms with Crippen LogP contribution in [0.5, 0.6) is 0 Å². The van der Waals surface area contributed by atoms with E-state index in [9.17, 15) is 4.79 Å². The van der Waals surface area contributed by atoms with Gasteiger partial charge in [-0.05, 0) is 0 Å². The van der Waals surface area contributed by atoms with E-state index >= 15 is 0 Å². The van der Waals surface area contributed by atoms with E-state index in [2.05, 4.69) is 9.47 Å². The van der Waals surface area contributed by atoms with Crippen molar-refractivity contribution in [2.45, 2.75) is 13.2 Å². The predicted molar refractivity (Wildman–Crippen MR) is 51.5 cm³/mol. The van der Waals surface area contributed by atoms with Gasteiger partial charge in [0.2, 0.25) is 0 Å². The number of thioether (sulfide) groups is 1. The molecule has 0 heterocycles. The molecular weight excluding hydrogens is 192 g/mol. The number of aliphatic hydroxyl groups is 1. The van der Waals surface area contributed by atoms with Gasteiger partial charge in [-0.1, -0.05) is 6.92 Å². The summed E-state index contributed by atoms with van der Waals surface area (Å²) in [5.41, 5.74) is 0. The molecule has 0 rings (SSSR count). The Balaban J connectivity index is 3.47. The van der Waals surface area contributed by atoms with Gasteiger partial charge in [-0.3, -0.25) is 4.79 Å². The number of hydrogen-bond acceptors (Lipinski definition) is 5. The molecule has 0 spiro atoms. The van der Waals surface area contributed by atoms with Crippen molar-refractivity contribution in [2.24, 2.45) is 5.92 Å². The Hall–Kier alpha value is -0.260. The second-order valence-corrected chi connectivity index (χ2v) is 3.73. The molecule has 0 aliphatic heterocycles. The lowest BCUT2D eigenvalue weighted by Crippen LogP contribution is -2.17. The number of rotatable bonds is 6. The zero-order valence-corrected chi connectivity index (χ0v) is 8.97. The third-order valence-electron chi connectivity index (χ3n) is 1.50. The van der Waals surface area contributed by atoms with E-state index in [-0.39, 0.29) is 11.9 Å². The minimum Gasteiger partial charge on any atom is -0.469 e. The van der Waals surface area contributed by atoms with Crippen LogP contribution in [-0.2, 0) is 14.3 Å². The van der Waals surface area contributed by atoms with Crippen LogP contribution in [0.15, 0.2) is 0 Å². The van der Waals surface area contributed by atoms with Crippen LogP contribution in [0.1, 0.15) is 6.92 Å². The lowest BCUT2D eigenvalue weighted by Gasteiger charge is -2.10. The maximum atomic E-state index is 10.9. The molecule has 1 N–H and O–H groups in total.